The molecule has 0 spiro atoms. The molecule has 1 aliphatic rings. The van der Waals surface area contributed by atoms with Crippen LogP contribution in [0.1, 0.15) is 29.5 Å². The van der Waals surface area contributed by atoms with Crippen molar-refractivity contribution in [1.29, 1.82) is 0 Å². The Kier molecular flexibility index (Phi) is 5.35. The molecule has 2 aromatic rings. The molecule has 3 rings (SSSR count). The van der Waals surface area contributed by atoms with Gasteiger partial charge >= 0.3 is 6.03 Å². The monoisotopic (exact) mass is 333 g/mol. The second-order valence-electron chi connectivity index (χ2n) is 5.99. The fourth-order valence-electron chi connectivity index (χ4n) is 3.25. The van der Waals surface area contributed by atoms with Crippen LogP contribution in [0.5, 0.6) is 0 Å². The molecule has 0 aromatic carbocycles. The highest BCUT2D eigenvalue weighted by molar-refractivity contribution is 7.10. The molecule has 3 heterocycles. The van der Waals surface area contributed by atoms with Crippen molar-refractivity contribution in [2.75, 3.05) is 20.1 Å². The van der Waals surface area contributed by atoms with Gasteiger partial charge in [-0.1, -0.05) is 6.07 Å². The standard InChI is InChI=1S/C17H23N3O2S/c1-20-8-2-5-13(16(20)15-7-4-10-23-15)11-18-17(21)19-12-14-6-3-9-22-14/h3-4,6-7,9-10,13,16H,2,5,8,11-12H2,1H3,(H2,18,19,21)/t13-,16-/m1/s1. The van der Waals surface area contributed by atoms with Crippen molar-refractivity contribution in [2.24, 2.45) is 5.92 Å². The zero-order chi connectivity index (χ0) is 16.1. The molecule has 0 unspecified atom stereocenters. The van der Waals surface area contributed by atoms with E-state index >= 15 is 0 Å². The summed E-state index contributed by atoms with van der Waals surface area (Å²) in [5.41, 5.74) is 0. The Morgan fingerprint density at radius 2 is 2.30 bits per heavy atom. The molecular formula is C17H23N3O2S. The van der Waals surface area contributed by atoms with Crippen LogP contribution in [0, 0.1) is 5.92 Å². The van der Waals surface area contributed by atoms with Gasteiger partial charge in [0.25, 0.3) is 0 Å². The Bertz CT molecular complexity index is 597. The summed E-state index contributed by atoms with van der Waals surface area (Å²) >= 11 is 1.80. The molecule has 2 atom stereocenters. The van der Waals surface area contributed by atoms with Crippen LogP contribution in [0.2, 0.25) is 0 Å². The Hall–Kier alpha value is -1.79. The summed E-state index contributed by atoms with van der Waals surface area (Å²) in [6.45, 7) is 2.22. The summed E-state index contributed by atoms with van der Waals surface area (Å²) in [5, 5.41) is 7.97. The summed E-state index contributed by atoms with van der Waals surface area (Å²) in [6, 6.07) is 8.22. The average Bonchev–Trinajstić information content (AvgIpc) is 3.24. The molecule has 1 aliphatic heterocycles. The number of nitrogens with one attached hydrogen (secondary N) is 2. The number of carbonyl (C=O) groups is 1. The average molecular weight is 333 g/mol. The predicted molar refractivity (Wildman–Crippen MR) is 91.4 cm³/mol. The van der Waals surface area contributed by atoms with E-state index in [4.69, 9.17) is 4.42 Å². The maximum atomic E-state index is 12.0. The highest BCUT2D eigenvalue weighted by Gasteiger charge is 2.31. The summed E-state index contributed by atoms with van der Waals surface area (Å²) < 4.78 is 5.21. The highest BCUT2D eigenvalue weighted by atomic mass is 32.1. The largest absolute Gasteiger partial charge is 0.467 e. The molecule has 0 bridgehead atoms. The SMILES string of the molecule is CN1CCC[C@H](CNC(=O)NCc2ccco2)[C@@H]1c1cccs1. The van der Waals surface area contributed by atoms with Crippen molar-refractivity contribution in [2.45, 2.75) is 25.4 Å². The van der Waals surface area contributed by atoms with Crippen LogP contribution in [0.25, 0.3) is 0 Å². The van der Waals surface area contributed by atoms with Gasteiger partial charge in [0.2, 0.25) is 0 Å². The minimum Gasteiger partial charge on any atom is -0.467 e. The van der Waals surface area contributed by atoms with E-state index in [2.05, 4.69) is 40.1 Å². The van der Waals surface area contributed by atoms with Gasteiger partial charge in [-0.25, -0.2) is 4.79 Å². The minimum atomic E-state index is -0.139. The summed E-state index contributed by atoms with van der Waals surface area (Å²) in [4.78, 5) is 15.8. The van der Waals surface area contributed by atoms with Gasteiger partial charge in [0, 0.05) is 17.5 Å². The van der Waals surface area contributed by atoms with Crippen LogP contribution in [-0.4, -0.2) is 31.1 Å². The lowest BCUT2D eigenvalue weighted by atomic mass is 9.88. The van der Waals surface area contributed by atoms with E-state index in [-0.39, 0.29) is 6.03 Å². The van der Waals surface area contributed by atoms with Gasteiger partial charge in [-0.05, 0) is 55.9 Å². The van der Waals surface area contributed by atoms with Gasteiger partial charge in [0.1, 0.15) is 5.76 Å². The first kappa shape index (κ1) is 16.1. The molecule has 2 amide bonds. The van der Waals surface area contributed by atoms with Gasteiger partial charge in [0.15, 0.2) is 0 Å². The third kappa shape index (κ3) is 4.14. The zero-order valence-corrected chi connectivity index (χ0v) is 14.1. The fraction of sp³-hybridized carbons (Fsp3) is 0.471. The number of hydrogen-bond acceptors (Lipinski definition) is 4. The third-order valence-electron chi connectivity index (χ3n) is 4.37. The smallest absolute Gasteiger partial charge is 0.315 e. The van der Waals surface area contributed by atoms with Gasteiger partial charge in [-0.2, -0.15) is 0 Å². The third-order valence-corrected chi connectivity index (χ3v) is 5.31. The van der Waals surface area contributed by atoms with E-state index in [0.717, 1.165) is 18.7 Å². The molecular weight excluding hydrogens is 310 g/mol. The Labute approximate surface area is 140 Å². The van der Waals surface area contributed by atoms with Crippen molar-refractivity contribution >= 4 is 17.4 Å². The van der Waals surface area contributed by atoms with Crippen LogP contribution < -0.4 is 10.6 Å². The van der Waals surface area contributed by atoms with E-state index in [9.17, 15) is 4.79 Å². The van der Waals surface area contributed by atoms with Crippen LogP contribution in [0.3, 0.4) is 0 Å². The number of amides is 2. The van der Waals surface area contributed by atoms with E-state index < -0.39 is 0 Å². The summed E-state index contributed by atoms with van der Waals surface area (Å²) in [5.74, 6) is 1.20. The first-order chi connectivity index (χ1) is 11.2. The van der Waals surface area contributed by atoms with E-state index in [1.54, 1.807) is 17.6 Å². The number of carbonyl (C=O) groups excluding carboxylic acids is 1. The molecule has 2 N–H and O–H groups in total. The van der Waals surface area contributed by atoms with Crippen LogP contribution in [0.4, 0.5) is 4.79 Å². The Morgan fingerprint density at radius 1 is 1.39 bits per heavy atom. The molecule has 0 saturated carbocycles. The van der Waals surface area contributed by atoms with Gasteiger partial charge < -0.3 is 15.1 Å². The molecule has 0 aliphatic carbocycles. The number of likely N-dealkylation sites (tertiary alicyclic amines) is 1. The number of thiophene rings is 1. The Morgan fingerprint density at radius 3 is 3.04 bits per heavy atom. The lowest BCUT2D eigenvalue weighted by Crippen LogP contribution is -2.44. The maximum Gasteiger partial charge on any atom is 0.315 e. The van der Waals surface area contributed by atoms with Gasteiger partial charge in [-0.3, -0.25) is 4.90 Å². The molecule has 23 heavy (non-hydrogen) atoms. The Balaban J connectivity index is 1.52. The summed E-state index contributed by atoms with van der Waals surface area (Å²) in [6.07, 6.45) is 3.93. The number of rotatable bonds is 5. The van der Waals surface area contributed by atoms with Crippen molar-refractivity contribution < 1.29 is 9.21 Å². The maximum absolute atomic E-state index is 12.0. The van der Waals surface area contributed by atoms with Crippen LogP contribution in [-0.2, 0) is 6.54 Å². The molecule has 1 saturated heterocycles. The lowest BCUT2D eigenvalue weighted by molar-refractivity contribution is 0.123. The molecule has 5 nitrogen and oxygen atoms in total. The van der Waals surface area contributed by atoms with Gasteiger partial charge in [-0.15, -0.1) is 11.3 Å². The number of piperidine rings is 1. The number of furan rings is 1. The fourth-order valence-corrected chi connectivity index (χ4v) is 4.23. The molecule has 0 radical (unpaired) electrons. The highest BCUT2D eigenvalue weighted by Crippen LogP contribution is 2.36. The lowest BCUT2D eigenvalue weighted by Gasteiger charge is -2.38. The second kappa shape index (κ2) is 7.66. The van der Waals surface area contributed by atoms with Crippen LogP contribution >= 0.6 is 11.3 Å². The number of nitrogens with zero attached hydrogens (tertiary/aromatic N) is 1. The van der Waals surface area contributed by atoms with Crippen molar-refractivity contribution in [3.8, 4) is 0 Å². The number of hydrogen-bond donors (Lipinski definition) is 2. The van der Waals surface area contributed by atoms with Crippen molar-refractivity contribution in [3.05, 3.63) is 46.5 Å². The first-order valence-corrected chi connectivity index (χ1v) is 8.89. The predicted octanol–water partition coefficient (Wildman–Crippen LogP) is 3.22. The second-order valence-corrected chi connectivity index (χ2v) is 6.97. The normalized spacial score (nSPS) is 22.0. The topological polar surface area (TPSA) is 57.5 Å². The van der Waals surface area contributed by atoms with Crippen molar-refractivity contribution in [3.63, 3.8) is 0 Å². The minimum absolute atomic E-state index is 0.139. The molecule has 6 heteroatoms. The first-order valence-electron chi connectivity index (χ1n) is 8.02. The molecule has 124 valence electrons. The molecule has 1 fully saturated rings. The zero-order valence-electron chi connectivity index (χ0n) is 13.3. The van der Waals surface area contributed by atoms with E-state index in [1.807, 2.05) is 12.1 Å². The van der Waals surface area contributed by atoms with Crippen LogP contribution in [0.15, 0.2) is 40.3 Å². The van der Waals surface area contributed by atoms with Gasteiger partial charge in [0.05, 0.1) is 12.8 Å². The van der Waals surface area contributed by atoms with E-state index in [1.165, 1.54) is 11.3 Å². The quantitative estimate of drug-likeness (QED) is 0.883. The summed E-state index contributed by atoms with van der Waals surface area (Å²) in [7, 11) is 2.17. The number of urea groups is 1. The van der Waals surface area contributed by atoms with E-state index in [0.29, 0.717) is 25.0 Å². The molecule has 2 aromatic heterocycles. The van der Waals surface area contributed by atoms with Crippen molar-refractivity contribution in [1.82, 2.24) is 15.5 Å².